The first-order valence-electron chi connectivity index (χ1n) is 7.04. The van der Waals surface area contributed by atoms with E-state index in [1.165, 1.54) is 6.33 Å². The summed E-state index contributed by atoms with van der Waals surface area (Å²) >= 11 is 0. The van der Waals surface area contributed by atoms with Crippen LogP contribution in [0.15, 0.2) is 47.7 Å². The number of aromatic nitrogens is 5. The number of hydrogen-bond donors (Lipinski definition) is 0. The lowest BCUT2D eigenvalue weighted by Crippen LogP contribution is -2.21. The number of aryl methyl sites for hydroxylation is 1. The maximum absolute atomic E-state index is 12.9. The first kappa shape index (κ1) is 13.4. The summed E-state index contributed by atoms with van der Waals surface area (Å²) < 4.78 is 8.38. The van der Waals surface area contributed by atoms with Crippen LogP contribution in [0, 0.1) is 6.92 Å². The predicted octanol–water partition coefficient (Wildman–Crippen LogP) is 1.75. The van der Waals surface area contributed by atoms with Crippen LogP contribution in [0.25, 0.3) is 22.4 Å². The van der Waals surface area contributed by atoms with Gasteiger partial charge in [0.1, 0.15) is 12.1 Å². The zero-order chi connectivity index (χ0) is 16.0. The van der Waals surface area contributed by atoms with Crippen molar-refractivity contribution in [2.24, 2.45) is 0 Å². The van der Waals surface area contributed by atoms with E-state index in [2.05, 4.69) is 15.1 Å². The van der Waals surface area contributed by atoms with Gasteiger partial charge in [0, 0.05) is 17.6 Å². The van der Waals surface area contributed by atoms with Gasteiger partial charge in [-0.05, 0) is 37.3 Å². The lowest BCUT2D eigenvalue weighted by molar-refractivity contribution is 0.414. The summed E-state index contributed by atoms with van der Waals surface area (Å²) in [6.45, 7) is 1.88. The minimum atomic E-state index is -0.143. The van der Waals surface area contributed by atoms with Crippen LogP contribution in [0.1, 0.15) is 5.69 Å². The van der Waals surface area contributed by atoms with Gasteiger partial charge < -0.3 is 4.74 Å². The van der Waals surface area contributed by atoms with Gasteiger partial charge in [0.2, 0.25) is 0 Å². The number of fused-ring (bicyclic) bond motifs is 3. The van der Waals surface area contributed by atoms with Crippen molar-refractivity contribution in [2.45, 2.75) is 6.92 Å². The molecule has 7 nitrogen and oxygen atoms in total. The fourth-order valence-electron chi connectivity index (χ4n) is 2.69. The summed E-state index contributed by atoms with van der Waals surface area (Å²) in [6.07, 6.45) is 2.97. The molecule has 0 N–H and O–H groups in total. The standard InChI is InChI=1S/C16H13N5O2/c1-10-7-14-13(8-17-16-18-9-19-21(14)16)15(22)20(10)11-3-5-12(23-2)6-4-11/h3-9H,1-2H3. The molecule has 0 bridgehead atoms. The lowest BCUT2D eigenvalue weighted by Gasteiger charge is -2.12. The largest absolute Gasteiger partial charge is 0.497 e. The van der Waals surface area contributed by atoms with E-state index in [-0.39, 0.29) is 5.56 Å². The van der Waals surface area contributed by atoms with Gasteiger partial charge in [0.25, 0.3) is 11.3 Å². The Kier molecular flexibility index (Phi) is 2.87. The van der Waals surface area contributed by atoms with Gasteiger partial charge in [-0.25, -0.2) is 4.98 Å². The molecular formula is C16H13N5O2. The summed E-state index contributed by atoms with van der Waals surface area (Å²) in [6, 6.07) is 9.25. The normalized spacial score (nSPS) is 11.2. The Morgan fingerprint density at radius 1 is 1.13 bits per heavy atom. The molecule has 0 amide bonds. The first-order valence-corrected chi connectivity index (χ1v) is 7.04. The van der Waals surface area contributed by atoms with Crippen LogP contribution >= 0.6 is 0 Å². The molecule has 0 spiro atoms. The molecule has 3 heterocycles. The molecule has 4 rings (SSSR count). The molecule has 114 valence electrons. The number of hydrogen-bond acceptors (Lipinski definition) is 5. The van der Waals surface area contributed by atoms with E-state index >= 15 is 0 Å². The number of methoxy groups -OCH3 is 1. The zero-order valence-electron chi connectivity index (χ0n) is 12.6. The molecule has 0 aliphatic heterocycles. The summed E-state index contributed by atoms with van der Waals surface area (Å²) in [5.41, 5.74) is 2.12. The number of benzene rings is 1. The van der Waals surface area contributed by atoms with E-state index in [1.54, 1.807) is 22.4 Å². The third-order valence-electron chi connectivity index (χ3n) is 3.81. The second-order valence-electron chi connectivity index (χ2n) is 5.15. The minimum absolute atomic E-state index is 0.143. The van der Waals surface area contributed by atoms with Crippen molar-refractivity contribution >= 4 is 16.7 Å². The molecule has 0 atom stereocenters. The van der Waals surface area contributed by atoms with Gasteiger partial charge in [-0.3, -0.25) is 9.36 Å². The summed E-state index contributed by atoms with van der Waals surface area (Å²) in [7, 11) is 1.61. The second kappa shape index (κ2) is 4.91. The van der Waals surface area contributed by atoms with E-state index in [0.717, 1.165) is 17.1 Å². The van der Waals surface area contributed by atoms with Crippen molar-refractivity contribution in [3.05, 3.63) is 58.9 Å². The molecular weight excluding hydrogens is 294 g/mol. The van der Waals surface area contributed by atoms with Crippen molar-refractivity contribution in [1.29, 1.82) is 0 Å². The molecule has 0 saturated carbocycles. The highest BCUT2D eigenvalue weighted by atomic mass is 16.5. The highest BCUT2D eigenvalue weighted by Crippen LogP contribution is 2.18. The summed E-state index contributed by atoms with van der Waals surface area (Å²) in [5, 5.41) is 4.62. The summed E-state index contributed by atoms with van der Waals surface area (Å²) in [5.74, 6) is 1.21. The summed E-state index contributed by atoms with van der Waals surface area (Å²) in [4.78, 5) is 21.1. The molecule has 0 aliphatic carbocycles. The smallest absolute Gasteiger partial charge is 0.266 e. The highest BCUT2D eigenvalue weighted by Gasteiger charge is 2.12. The number of nitrogens with zero attached hydrogens (tertiary/aromatic N) is 5. The molecule has 0 saturated heterocycles. The van der Waals surface area contributed by atoms with Crippen LogP contribution in [-0.2, 0) is 0 Å². The number of pyridine rings is 1. The molecule has 7 heteroatoms. The van der Waals surface area contributed by atoms with Crippen LogP contribution in [0.5, 0.6) is 5.75 Å². The maximum atomic E-state index is 12.9. The van der Waals surface area contributed by atoms with Crippen molar-refractivity contribution in [3.63, 3.8) is 0 Å². The number of rotatable bonds is 2. The SMILES string of the molecule is COc1ccc(-n2c(C)cc3c(cnc4ncnn43)c2=O)cc1. The van der Waals surface area contributed by atoms with Crippen LogP contribution in [0.3, 0.4) is 0 Å². The Morgan fingerprint density at radius 2 is 1.91 bits per heavy atom. The average Bonchev–Trinajstić information content (AvgIpc) is 3.04. The fourth-order valence-corrected chi connectivity index (χ4v) is 2.69. The molecule has 23 heavy (non-hydrogen) atoms. The minimum Gasteiger partial charge on any atom is -0.497 e. The van der Waals surface area contributed by atoms with Gasteiger partial charge in [0.05, 0.1) is 18.0 Å². The lowest BCUT2D eigenvalue weighted by atomic mass is 10.2. The Labute approximate surface area is 130 Å². The van der Waals surface area contributed by atoms with Gasteiger partial charge in [-0.15, -0.1) is 0 Å². The maximum Gasteiger partial charge on any atom is 0.266 e. The van der Waals surface area contributed by atoms with E-state index < -0.39 is 0 Å². The van der Waals surface area contributed by atoms with E-state index in [1.807, 2.05) is 37.3 Å². The molecule has 0 radical (unpaired) electrons. The second-order valence-corrected chi connectivity index (χ2v) is 5.15. The van der Waals surface area contributed by atoms with Crippen LogP contribution < -0.4 is 10.3 Å². The average molecular weight is 307 g/mol. The van der Waals surface area contributed by atoms with Crippen LogP contribution in [-0.4, -0.2) is 31.3 Å². The molecule has 4 aromatic rings. The third-order valence-corrected chi connectivity index (χ3v) is 3.81. The van der Waals surface area contributed by atoms with Gasteiger partial charge >= 0.3 is 0 Å². The van der Waals surface area contributed by atoms with Gasteiger partial charge in [-0.2, -0.15) is 14.6 Å². The van der Waals surface area contributed by atoms with Crippen molar-refractivity contribution in [1.82, 2.24) is 24.1 Å². The Hall–Kier alpha value is -3.22. The zero-order valence-corrected chi connectivity index (χ0v) is 12.6. The molecule has 0 fully saturated rings. The number of ether oxygens (including phenoxy) is 1. The van der Waals surface area contributed by atoms with Crippen LogP contribution in [0.4, 0.5) is 0 Å². The molecule has 0 aliphatic rings. The Morgan fingerprint density at radius 3 is 2.65 bits per heavy atom. The predicted molar refractivity (Wildman–Crippen MR) is 85.2 cm³/mol. The molecule has 1 aromatic carbocycles. The van der Waals surface area contributed by atoms with E-state index in [9.17, 15) is 4.79 Å². The van der Waals surface area contributed by atoms with Crippen LogP contribution in [0.2, 0.25) is 0 Å². The van der Waals surface area contributed by atoms with Crippen molar-refractivity contribution in [3.8, 4) is 11.4 Å². The Balaban J connectivity index is 2.03. The van der Waals surface area contributed by atoms with E-state index in [0.29, 0.717) is 16.7 Å². The third kappa shape index (κ3) is 1.97. The van der Waals surface area contributed by atoms with Gasteiger partial charge in [-0.1, -0.05) is 0 Å². The fraction of sp³-hybridized carbons (Fsp3) is 0.125. The monoisotopic (exact) mass is 307 g/mol. The van der Waals surface area contributed by atoms with Gasteiger partial charge in [0.15, 0.2) is 0 Å². The first-order chi connectivity index (χ1) is 11.2. The Bertz CT molecular complexity index is 1080. The molecule has 3 aromatic heterocycles. The van der Waals surface area contributed by atoms with Crippen molar-refractivity contribution < 1.29 is 4.74 Å². The van der Waals surface area contributed by atoms with Crippen molar-refractivity contribution in [2.75, 3.05) is 7.11 Å². The highest BCUT2D eigenvalue weighted by molar-refractivity contribution is 5.79. The molecule has 0 unspecified atom stereocenters. The topological polar surface area (TPSA) is 74.3 Å². The van der Waals surface area contributed by atoms with E-state index in [4.69, 9.17) is 4.74 Å². The quantitative estimate of drug-likeness (QED) is 0.564.